The first-order chi connectivity index (χ1) is 9.58. The Morgan fingerprint density at radius 2 is 2.15 bits per heavy atom. The van der Waals surface area contributed by atoms with Crippen molar-refractivity contribution >= 4 is 16.8 Å². The van der Waals surface area contributed by atoms with Gasteiger partial charge in [0.15, 0.2) is 0 Å². The molecule has 0 saturated carbocycles. The van der Waals surface area contributed by atoms with Gasteiger partial charge in [-0.25, -0.2) is 0 Å². The second-order valence-electron chi connectivity index (χ2n) is 5.22. The Morgan fingerprint density at radius 1 is 1.40 bits per heavy atom. The molecule has 0 fully saturated rings. The maximum Gasteiger partial charge on any atom is 0.227 e. The predicted molar refractivity (Wildman–Crippen MR) is 80.7 cm³/mol. The third-order valence-electron chi connectivity index (χ3n) is 3.93. The van der Waals surface area contributed by atoms with Crippen LogP contribution in [0.2, 0.25) is 0 Å². The molecule has 1 aromatic heterocycles. The number of aromatic amines is 1. The standard InChI is InChI=1S/C16H22N2O2/c1-4-12-6-5-7-14-13(9-17-16(12)14)8-15(20)18(3)11(2)10-19/h5-7,9,11,17,19H,4,8,10H2,1-3H3. The van der Waals surface area contributed by atoms with Crippen molar-refractivity contribution in [1.82, 2.24) is 9.88 Å². The van der Waals surface area contributed by atoms with Gasteiger partial charge in [0.1, 0.15) is 0 Å². The molecule has 1 unspecified atom stereocenters. The van der Waals surface area contributed by atoms with Crippen molar-refractivity contribution in [3.63, 3.8) is 0 Å². The SMILES string of the molecule is CCc1cccc2c(CC(=O)N(C)C(C)CO)c[nH]c12. The number of amides is 1. The summed E-state index contributed by atoms with van der Waals surface area (Å²) in [5.41, 5.74) is 3.39. The number of hydrogen-bond acceptors (Lipinski definition) is 2. The lowest BCUT2D eigenvalue weighted by Gasteiger charge is -2.23. The highest BCUT2D eigenvalue weighted by Gasteiger charge is 2.17. The number of aliphatic hydroxyl groups is 1. The molecular weight excluding hydrogens is 252 g/mol. The normalized spacial score (nSPS) is 12.6. The Hall–Kier alpha value is -1.81. The average Bonchev–Trinajstić information content (AvgIpc) is 2.88. The van der Waals surface area contributed by atoms with Crippen LogP contribution in [0.5, 0.6) is 0 Å². The third-order valence-corrected chi connectivity index (χ3v) is 3.93. The largest absolute Gasteiger partial charge is 0.394 e. The maximum atomic E-state index is 12.2. The number of rotatable bonds is 5. The van der Waals surface area contributed by atoms with Crippen molar-refractivity contribution in [3.8, 4) is 0 Å². The van der Waals surface area contributed by atoms with Gasteiger partial charge in [-0.3, -0.25) is 4.79 Å². The smallest absolute Gasteiger partial charge is 0.227 e. The van der Waals surface area contributed by atoms with Crippen LogP contribution < -0.4 is 0 Å². The molecule has 0 aliphatic heterocycles. The summed E-state index contributed by atoms with van der Waals surface area (Å²) in [7, 11) is 1.73. The van der Waals surface area contributed by atoms with Crippen LogP contribution in [0.3, 0.4) is 0 Å². The highest BCUT2D eigenvalue weighted by Crippen LogP contribution is 2.23. The van der Waals surface area contributed by atoms with Gasteiger partial charge < -0.3 is 15.0 Å². The summed E-state index contributed by atoms with van der Waals surface area (Å²) in [4.78, 5) is 17.1. The highest BCUT2D eigenvalue weighted by molar-refractivity contribution is 5.90. The molecule has 0 aliphatic rings. The van der Waals surface area contributed by atoms with Gasteiger partial charge >= 0.3 is 0 Å². The number of hydrogen-bond donors (Lipinski definition) is 2. The Kier molecular flexibility index (Phi) is 4.45. The van der Waals surface area contributed by atoms with E-state index >= 15 is 0 Å². The van der Waals surface area contributed by atoms with Crippen molar-refractivity contribution in [1.29, 1.82) is 0 Å². The molecule has 1 heterocycles. The monoisotopic (exact) mass is 274 g/mol. The molecule has 4 heteroatoms. The Morgan fingerprint density at radius 3 is 2.80 bits per heavy atom. The Balaban J connectivity index is 2.24. The number of aliphatic hydroxyl groups excluding tert-OH is 1. The van der Waals surface area contributed by atoms with E-state index in [4.69, 9.17) is 5.11 Å². The summed E-state index contributed by atoms with van der Waals surface area (Å²) in [6.45, 7) is 3.94. The van der Waals surface area contributed by atoms with Crippen LogP contribution in [0.1, 0.15) is 25.0 Å². The molecule has 0 bridgehead atoms. The minimum atomic E-state index is -0.154. The van der Waals surface area contributed by atoms with E-state index < -0.39 is 0 Å². The summed E-state index contributed by atoms with van der Waals surface area (Å²) >= 11 is 0. The lowest BCUT2D eigenvalue weighted by molar-refractivity contribution is -0.131. The molecule has 1 atom stereocenters. The van der Waals surface area contributed by atoms with Crippen LogP contribution in [-0.4, -0.2) is 40.6 Å². The molecule has 2 rings (SSSR count). The molecule has 0 saturated heterocycles. The third kappa shape index (κ3) is 2.70. The number of carbonyl (C=O) groups excluding carboxylic acids is 1. The molecular formula is C16H22N2O2. The number of fused-ring (bicyclic) bond motifs is 1. The second-order valence-corrected chi connectivity index (χ2v) is 5.22. The van der Waals surface area contributed by atoms with Crippen molar-refractivity contribution in [2.24, 2.45) is 0 Å². The van der Waals surface area contributed by atoms with Crippen LogP contribution >= 0.6 is 0 Å². The topological polar surface area (TPSA) is 56.3 Å². The molecule has 0 radical (unpaired) electrons. The van der Waals surface area contributed by atoms with Crippen LogP contribution in [0.25, 0.3) is 10.9 Å². The zero-order valence-electron chi connectivity index (χ0n) is 12.3. The lowest BCUT2D eigenvalue weighted by Crippen LogP contribution is -2.38. The van der Waals surface area contributed by atoms with Gasteiger partial charge in [0.2, 0.25) is 5.91 Å². The minimum absolute atomic E-state index is 0.0178. The zero-order valence-corrected chi connectivity index (χ0v) is 12.3. The van der Waals surface area contributed by atoms with Crippen molar-refractivity contribution in [2.75, 3.05) is 13.7 Å². The van der Waals surface area contributed by atoms with E-state index in [0.29, 0.717) is 6.42 Å². The van der Waals surface area contributed by atoms with Crippen molar-refractivity contribution in [3.05, 3.63) is 35.5 Å². The molecule has 0 aliphatic carbocycles. The van der Waals surface area contributed by atoms with Crippen LogP contribution in [-0.2, 0) is 17.6 Å². The maximum absolute atomic E-state index is 12.2. The Labute approximate surface area is 119 Å². The van der Waals surface area contributed by atoms with E-state index in [9.17, 15) is 4.79 Å². The number of aromatic nitrogens is 1. The lowest BCUT2D eigenvalue weighted by atomic mass is 10.0. The summed E-state index contributed by atoms with van der Waals surface area (Å²) in [5, 5.41) is 10.2. The van der Waals surface area contributed by atoms with E-state index in [0.717, 1.165) is 22.9 Å². The molecule has 2 N–H and O–H groups in total. The first kappa shape index (κ1) is 14.6. The molecule has 20 heavy (non-hydrogen) atoms. The first-order valence-electron chi connectivity index (χ1n) is 7.02. The summed E-state index contributed by atoms with van der Waals surface area (Å²) in [5.74, 6) is 0.0225. The number of carbonyl (C=O) groups is 1. The minimum Gasteiger partial charge on any atom is -0.394 e. The molecule has 2 aromatic rings. The summed E-state index contributed by atoms with van der Waals surface area (Å²) in [6.07, 6.45) is 3.24. The Bertz CT molecular complexity index is 604. The summed E-state index contributed by atoms with van der Waals surface area (Å²) < 4.78 is 0. The zero-order chi connectivity index (χ0) is 14.7. The highest BCUT2D eigenvalue weighted by atomic mass is 16.3. The van der Waals surface area contributed by atoms with Gasteiger partial charge in [-0.05, 0) is 24.5 Å². The molecule has 1 amide bonds. The molecule has 4 nitrogen and oxygen atoms in total. The molecule has 108 valence electrons. The number of nitrogens with zero attached hydrogens (tertiary/aromatic N) is 1. The van der Waals surface area contributed by atoms with Crippen LogP contribution in [0.4, 0.5) is 0 Å². The quantitative estimate of drug-likeness (QED) is 0.877. The van der Waals surface area contributed by atoms with Crippen LogP contribution in [0.15, 0.2) is 24.4 Å². The van der Waals surface area contributed by atoms with Gasteiger partial charge in [-0.1, -0.05) is 25.1 Å². The van der Waals surface area contributed by atoms with Gasteiger partial charge in [-0.15, -0.1) is 0 Å². The number of para-hydroxylation sites is 1. The first-order valence-corrected chi connectivity index (χ1v) is 7.02. The fraction of sp³-hybridized carbons (Fsp3) is 0.438. The number of benzene rings is 1. The van der Waals surface area contributed by atoms with Crippen molar-refractivity contribution < 1.29 is 9.90 Å². The van der Waals surface area contributed by atoms with Crippen molar-refractivity contribution in [2.45, 2.75) is 32.7 Å². The van der Waals surface area contributed by atoms with E-state index in [2.05, 4.69) is 18.0 Å². The van der Waals surface area contributed by atoms with E-state index in [1.54, 1.807) is 11.9 Å². The second kappa shape index (κ2) is 6.09. The van der Waals surface area contributed by atoms with E-state index in [1.807, 2.05) is 25.3 Å². The fourth-order valence-electron chi connectivity index (χ4n) is 2.37. The molecule has 0 spiro atoms. The van der Waals surface area contributed by atoms with Gasteiger partial charge in [0.25, 0.3) is 0 Å². The summed E-state index contributed by atoms with van der Waals surface area (Å²) in [6, 6.07) is 6.02. The number of aryl methyl sites for hydroxylation is 1. The predicted octanol–water partition coefficient (Wildman–Crippen LogP) is 2.11. The van der Waals surface area contributed by atoms with Gasteiger partial charge in [0, 0.05) is 24.1 Å². The van der Waals surface area contributed by atoms with E-state index in [1.165, 1.54) is 5.56 Å². The van der Waals surface area contributed by atoms with Gasteiger partial charge in [0.05, 0.1) is 19.1 Å². The van der Waals surface area contributed by atoms with E-state index in [-0.39, 0.29) is 18.6 Å². The number of likely N-dealkylation sites (N-methyl/N-ethyl adjacent to an activating group) is 1. The van der Waals surface area contributed by atoms with Crippen LogP contribution in [0, 0.1) is 0 Å². The number of nitrogens with one attached hydrogen (secondary N) is 1. The van der Waals surface area contributed by atoms with Gasteiger partial charge in [-0.2, -0.15) is 0 Å². The average molecular weight is 274 g/mol. The number of H-pyrrole nitrogens is 1. The fourth-order valence-corrected chi connectivity index (χ4v) is 2.37. The molecule has 1 aromatic carbocycles.